The molecule has 1 unspecified atom stereocenters. The summed E-state index contributed by atoms with van der Waals surface area (Å²) >= 11 is 0. The lowest BCUT2D eigenvalue weighted by atomic mass is 10.0. The van der Waals surface area contributed by atoms with Crippen LogP contribution in [0.4, 0.5) is 9.18 Å². The van der Waals surface area contributed by atoms with Gasteiger partial charge < -0.3 is 14.4 Å². The topological polar surface area (TPSA) is 38.8 Å². The second-order valence-corrected chi connectivity index (χ2v) is 8.32. The number of hydrogen-bond acceptors (Lipinski definition) is 3. The van der Waals surface area contributed by atoms with Gasteiger partial charge in [-0.2, -0.15) is 0 Å². The number of aryl methyl sites for hydroxylation is 1. The Morgan fingerprint density at radius 2 is 1.93 bits per heavy atom. The molecule has 1 atom stereocenters. The van der Waals surface area contributed by atoms with Crippen LogP contribution < -0.4 is 4.74 Å². The van der Waals surface area contributed by atoms with E-state index in [2.05, 4.69) is 0 Å². The molecule has 0 saturated carbocycles. The molecule has 150 valence electrons. The SMILES string of the molecule is Cc1cc2c(c(F)c1OCc1ccccc1)CCC2N(C)C(=O)OC(C)(C)C. The molecule has 0 saturated heterocycles. The van der Waals surface area contributed by atoms with Crippen LogP contribution in [0.3, 0.4) is 0 Å². The zero-order valence-corrected chi connectivity index (χ0v) is 17.2. The molecule has 0 fully saturated rings. The number of rotatable bonds is 4. The van der Waals surface area contributed by atoms with Crippen molar-refractivity contribution in [1.29, 1.82) is 0 Å². The number of ether oxygens (including phenoxy) is 2. The minimum atomic E-state index is -0.566. The number of nitrogens with zero attached hydrogens (tertiary/aromatic N) is 1. The van der Waals surface area contributed by atoms with Crippen LogP contribution in [-0.4, -0.2) is 23.6 Å². The fourth-order valence-corrected chi connectivity index (χ4v) is 3.58. The van der Waals surface area contributed by atoms with Crippen molar-refractivity contribution in [2.75, 3.05) is 7.05 Å². The number of fused-ring (bicyclic) bond motifs is 1. The number of halogens is 1. The molecule has 1 aliphatic rings. The molecule has 2 aromatic carbocycles. The largest absolute Gasteiger partial charge is 0.486 e. The molecule has 0 heterocycles. The van der Waals surface area contributed by atoms with Crippen molar-refractivity contribution in [3.63, 3.8) is 0 Å². The van der Waals surface area contributed by atoms with Crippen LogP contribution in [0.25, 0.3) is 0 Å². The van der Waals surface area contributed by atoms with Crippen LogP contribution in [0.5, 0.6) is 5.75 Å². The number of amides is 1. The molecule has 0 radical (unpaired) electrons. The third-order valence-electron chi connectivity index (χ3n) is 4.94. The van der Waals surface area contributed by atoms with Gasteiger partial charge in [0.1, 0.15) is 12.2 Å². The van der Waals surface area contributed by atoms with Gasteiger partial charge in [-0.3, -0.25) is 0 Å². The van der Waals surface area contributed by atoms with Crippen LogP contribution in [0.15, 0.2) is 36.4 Å². The van der Waals surface area contributed by atoms with Crippen LogP contribution in [0, 0.1) is 12.7 Å². The van der Waals surface area contributed by atoms with Crippen molar-refractivity contribution in [3.8, 4) is 5.75 Å². The van der Waals surface area contributed by atoms with E-state index in [-0.39, 0.29) is 11.9 Å². The summed E-state index contributed by atoms with van der Waals surface area (Å²) < 4.78 is 26.5. The quantitative estimate of drug-likeness (QED) is 0.691. The van der Waals surface area contributed by atoms with Crippen molar-refractivity contribution in [3.05, 3.63) is 64.5 Å². The molecule has 4 nitrogen and oxygen atoms in total. The van der Waals surface area contributed by atoms with Crippen molar-refractivity contribution in [1.82, 2.24) is 4.90 Å². The molecule has 3 rings (SSSR count). The molecule has 0 spiro atoms. The Labute approximate surface area is 166 Å². The monoisotopic (exact) mass is 385 g/mol. The van der Waals surface area contributed by atoms with E-state index in [0.29, 0.717) is 30.8 Å². The van der Waals surface area contributed by atoms with E-state index in [4.69, 9.17) is 9.47 Å². The summed E-state index contributed by atoms with van der Waals surface area (Å²) in [6.07, 6.45) is 0.845. The lowest BCUT2D eigenvalue weighted by Gasteiger charge is -2.29. The first-order chi connectivity index (χ1) is 13.2. The van der Waals surface area contributed by atoms with Crippen LogP contribution in [0.2, 0.25) is 0 Å². The predicted molar refractivity (Wildman–Crippen MR) is 107 cm³/mol. The third-order valence-corrected chi connectivity index (χ3v) is 4.94. The molecule has 0 aliphatic heterocycles. The highest BCUT2D eigenvalue weighted by molar-refractivity contribution is 5.69. The highest BCUT2D eigenvalue weighted by Gasteiger charge is 2.34. The molecule has 5 heteroatoms. The standard InChI is InChI=1S/C23H28FNO3/c1-15-13-18-17(11-12-19(18)25(5)22(26)28-23(2,3)4)20(24)21(15)27-14-16-9-7-6-8-10-16/h6-10,13,19H,11-12,14H2,1-5H3. The molecule has 0 aromatic heterocycles. The number of carbonyl (C=O) groups excluding carboxylic acids is 1. The maximum atomic E-state index is 15.2. The van der Waals surface area contributed by atoms with E-state index in [1.807, 2.05) is 64.1 Å². The van der Waals surface area contributed by atoms with Gasteiger partial charge >= 0.3 is 6.09 Å². The van der Waals surface area contributed by atoms with Crippen LogP contribution in [0.1, 0.15) is 55.5 Å². The molecule has 1 amide bonds. The lowest BCUT2D eigenvalue weighted by Crippen LogP contribution is -2.36. The third kappa shape index (κ3) is 4.29. The summed E-state index contributed by atoms with van der Waals surface area (Å²) in [7, 11) is 1.71. The first kappa shape index (κ1) is 20.2. The molecule has 2 aromatic rings. The van der Waals surface area contributed by atoms with Gasteiger partial charge in [-0.1, -0.05) is 30.3 Å². The second kappa shape index (κ2) is 7.82. The van der Waals surface area contributed by atoms with Crippen LogP contribution in [-0.2, 0) is 17.8 Å². The van der Waals surface area contributed by atoms with Crippen LogP contribution >= 0.6 is 0 Å². The van der Waals surface area contributed by atoms with Gasteiger partial charge in [-0.25, -0.2) is 9.18 Å². The maximum Gasteiger partial charge on any atom is 0.410 e. The first-order valence-electron chi connectivity index (χ1n) is 9.62. The zero-order valence-electron chi connectivity index (χ0n) is 17.2. The highest BCUT2D eigenvalue weighted by atomic mass is 19.1. The van der Waals surface area contributed by atoms with E-state index in [0.717, 1.165) is 16.7 Å². The van der Waals surface area contributed by atoms with Gasteiger partial charge in [-0.05, 0) is 68.9 Å². The summed E-state index contributed by atoms with van der Waals surface area (Å²) in [5, 5.41) is 0. The van der Waals surface area contributed by atoms with Gasteiger partial charge in [0.05, 0.1) is 6.04 Å². The molecule has 0 bridgehead atoms. The van der Waals surface area contributed by atoms with Crippen molar-refractivity contribution < 1.29 is 18.7 Å². The van der Waals surface area contributed by atoms with E-state index >= 15 is 4.39 Å². The molecule has 28 heavy (non-hydrogen) atoms. The second-order valence-electron chi connectivity index (χ2n) is 8.32. The maximum absolute atomic E-state index is 15.2. The zero-order chi connectivity index (χ0) is 20.5. The van der Waals surface area contributed by atoms with Gasteiger partial charge in [0.25, 0.3) is 0 Å². The minimum absolute atomic E-state index is 0.193. The Kier molecular flexibility index (Phi) is 5.64. The fraction of sp³-hybridized carbons (Fsp3) is 0.435. The average molecular weight is 385 g/mol. The van der Waals surface area contributed by atoms with Gasteiger partial charge in [-0.15, -0.1) is 0 Å². The van der Waals surface area contributed by atoms with Crippen molar-refractivity contribution in [2.24, 2.45) is 0 Å². The lowest BCUT2D eigenvalue weighted by molar-refractivity contribution is 0.0220. The molecule has 0 N–H and O–H groups in total. The minimum Gasteiger partial charge on any atom is -0.486 e. The van der Waals surface area contributed by atoms with Gasteiger partial charge in [0.2, 0.25) is 0 Å². The smallest absolute Gasteiger partial charge is 0.410 e. The van der Waals surface area contributed by atoms with Gasteiger partial charge in [0.15, 0.2) is 11.6 Å². The predicted octanol–water partition coefficient (Wildman–Crippen LogP) is 5.57. The van der Waals surface area contributed by atoms with E-state index in [9.17, 15) is 4.79 Å². The Balaban J connectivity index is 1.81. The normalized spacial score (nSPS) is 15.9. The van der Waals surface area contributed by atoms with Crippen molar-refractivity contribution >= 4 is 6.09 Å². The molecular formula is C23H28FNO3. The fourth-order valence-electron chi connectivity index (χ4n) is 3.58. The van der Waals surface area contributed by atoms with E-state index in [1.165, 1.54) is 0 Å². The average Bonchev–Trinajstić information content (AvgIpc) is 3.04. The summed E-state index contributed by atoms with van der Waals surface area (Å²) in [6.45, 7) is 7.66. The number of hydrogen-bond donors (Lipinski definition) is 0. The Morgan fingerprint density at radius 3 is 2.57 bits per heavy atom. The van der Waals surface area contributed by atoms with Crippen molar-refractivity contribution in [2.45, 2.75) is 58.8 Å². The number of benzene rings is 2. The molecule has 1 aliphatic carbocycles. The van der Waals surface area contributed by atoms with Gasteiger partial charge in [0, 0.05) is 7.05 Å². The molecular weight excluding hydrogens is 357 g/mol. The summed E-state index contributed by atoms with van der Waals surface area (Å²) in [5.74, 6) is -0.0193. The van der Waals surface area contributed by atoms with E-state index in [1.54, 1.807) is 11.9 Å². The summed E-state index contributed by atoms with van der Waals surface area (Å²) in [4.78, 5) is 14.0. The summed E-state index contributed by atoms with van der Waals surface area (Å²) in [5.41, 5.74) is 2.63. The van der Waals surface area contributed by atoms with E-state index < -0.39 is 11.7 Å². The Bertz CT molecular complexity index is 858. The highest BCUT2D eigenvalue weighted by Crippen LogP contribution is 2.41. The Hall–Kier alpha value is -2.56. The number of carbonyl (C=O) groups is 1. The first-order valence-corrected chi connectivity index (χ1v) is 9.62. The Morgan fingerprint density at radius 1 is 1.25 bits per heavy atom. The summed E-state index contributed by atoms with van der Waals surface area (Å²) in [6, 6.07) is 11.5.